The highest BCUT2D eigenvalue weighted by Gasteiger charge is 2.28. The normalized spacial score (nSPS) is 11.5. The number of hydrogen-bond donors (Lipinski definition) is 2. The van der Waals surface area contributed by atoms with Crippen molar-refractivity contribution in [2.75, 3.05) is 21.3 Å². The Hall–Kier alpha value is -3.55. The molecule has 0 saturated heterocycles. The lowest BCUT2D eigenvalue weighted by molar-refractivity contribution is 0.319. The molecule has 2 N–H and O–H groups in total. The predicted octanol–water partition coefficient (Wildman–Crippen LogP) is 3.93. The first-order valence-electron chi connectivity index (χ1n) is 8.81. The summed E-state index contributed by atoms with van der Waals surface area (Å²) in [5.41, 5.74) is -0.739. The molecule has 8 heteroatoms. The molecular weight excluding hydrogens is 380 g/mol. The van der Waals surface area contributed by atoms with Gasteiger partial charge in [0.05, 0.1) is 27.6 Å². The molecule has 1 aromatic heterocycles. The van der Waals surface area contributed by atoms with E-state index >= 15 is 0 Å². The third-order valence-corrected chi connectivity index (χ3v) is 4.31. The monoisotopic (exact) mass is 402 g/mol. The van der Waals surface area contributed by atoms with Gasteiger partial charge in [0.1, 0.15) is 27.9 Å². The van der Waals surface area contributed by atoms with Crippen molar-refractivity contribution in [3.63, 3.8) is 0 Å². The van der Waals surface area contributed by atoms with Gasteiger partial charge >= 0.3 is 0 Å². The second-order valence-electron chi connectivity index (χ2n) is 6.59. The second kappa shape index (κ2) is 7.83. The predicted molar refractivity (Wildman–Crippen MR) is 108 cm³/mol. The Bertz CT molecular complexity index is 1160. The zero-order valence-corrected chi connectivity index (χ0v) is 16.7. The van der Waals surface area contributed by atoms with Crippen LogP contribution in [0.15, 0.2) is 33.7 Å². The molecule has 0 aliphatic carbocycles. The molecule has 0 aliphatic rings. The van der Waals surface area contributed by atoms with Crippen LogP contribution in [0.2, 0.25) is 0 Å². The number of phenols is 2. The zero-order chi connectivity index (χ0) is 21.3. The van der Waals surface area contributed by atoms with Gasteiger partial charge in [0, 0.05) is 12.1 Å². The van der Waals surface area contributed by atoms with E-state index in [2.05, 4.69) is 0 Å². The Balaban J connectivity index is 2.50. The summed E-state index contributed by atoms with van der Waals surface area (Å²) in [6.45, 7) is 3.92. The van der Waals surface area contributed by atoms with Crippen LogP contribution < -0.4 is 24.4 Å². The molecule has 3 rings (SSSR count). The number of ether oxygens (including phenoxy) is 4. The van der Waals surface area contributed by atoms with E-state index in [0.29, 0.717) is 0 Å². The van der Waals surface area contributed by atoms with E-state index in [1.54, 1.807) is 6.08 Å². The molecule has 0 fully saturated rings. The van der Waals surface area contributed by atoms with Crippen LogP contribution in [0.25, 0.3) is 21.9 Å². The molecule has 0 bridgehead atoms. The zero-order valence-electron chi connectivity index (χ0n) is 16.7. The van der Waals surface area contributed by atoms with Crippen LogP contribution in [-0.2, 0) is 0 Å². The van der Waals surface area contributed by atoms with Crippen molar-refractivity contribution in [1.29, 1.82) is 0 Å². The van der Waals surface area contributed by atoms with Gasteiger partial charge in [-0.1, -0.05) is 13.8 Å². The van der Waals surface area contributed by atoms with Gasteiger partial charge in [0.25, 0.3) is 0 Å². The van der Waals surface area contributed by atoms with Crippen LogP contribution in [0.1, 0.15) is 13.8 Å². The summed E-state index contributed by atoms with van der Waals surface area (Å²) in [5, 5.41) is 20.8. The highest BCUT2D eigenvalue weighted by Crippen LogP contribution is 2.50. The van der Waals surface area contributed by atoms with Crippen molar-refractivity contribution >= 4 is 21.9 Å². The van der Waals surface area contributed by atoms with E-state index < -0.39 is 11.2 Å². The van der Waals surface area contributed by atoms with E-state index in [1.807, 2.05) is 13.8 Å². The molecule has 0 atom stereocenters. The van der Waals surface area contributed by atoms with Crippen molar-refractivity contribution in [2.45, 2.75) is 13.8 Å². The number of rotatable bonds is 6. The summed E-state index contributed by atoms with van der Waals surface area (Å²) in [7, 11) is 4.11. The lowest BCUT2D eigenvalue weighted by Gasteiger charge is -2.16. The largest absolute Gasteiger partial charge is 0.507 e. The summed E-state index contributed by atoms with van der Waals surface area (Å²) < 4.78 is 27.2. The molecule has 2 aromatic carbocycles. The smallest absolute Gasteiger partial charge is 0.211 e. The summed E-state index contributed by atoms with van der Waals surface area (Å²) in [5.74, 6) is -0.310. The molecule has 3 aromatic rings. The van der Waals surface area contributed by atoms with Crippen molar-refractivity contribution in [3.8, 4) is 34.5 Å². The molecular formula is C21H22O8. The second-order valence-corrected chi connectivity index (χ2v) is 6.59. The Morgan fingerprint density at radius 3 is 2.24 bits per heavy atom. The standard InChI is InChI=1S/C21H22O8/c1-10(2)6-7-28-19-15-16(23)14-12(22)8-11(25-3)9-13(14)29-18(15)17(24)20(26-4)21(19)27-5/h6-10,22,24H,1-5H3. The maximum absolute atomic E-state index is 13.3. The van der Waals surface area contributed by atoms with Gasteiger partial charge in [-0.15, -0.1) is 0 Å². The van der Waals surface area contributed by atoms with Crippen LogP contribution in [0.5, 0.6) is 34.5 Å². The number of benzene rings is 2. The summed E-state index contributed by atoms with van der Waals surface area (Å²) in [4.78, 5) is 13.3. The van der Waals surface area contributed by atoms with Crippen LogP contribution in [0, 0.1) is 5.92 Å². The van der Waals surface area contributed by atoms with Gasteiger partial charge in [0.15, 0.2) is 11.3 Å². The summed E-state index contributed by atoms with van der Waals surface area (Å²) in [6.07, 6.45) is 3.19. The number of fused-ring (bicyclic) bond motifs is 2. The van der Waals surface area contributed by atoms with E-state index in [0.717, 1.165) is 0 Å². The first kappa shape index (κ1) is 20.2. The first-order chi connectivity index (χ1) is 13.8. The van der Waals surface area contributed by atoms with Crippen molar-refractivity contribution < 1.29 is 33.6 Å². The molecule has 0 radical (unpaired) electrons. The van der Waals surface area contributed by atoms with E-state index in [1.165, 1.54) is 39.7 Å². The maximum Gasteiger partial charge on any atom is 0.211 e. The van der Waals surface area contributed by atoms with Crippen LogP contribution >= 0.6 is 0 Å². The fourth-order valence-corrected chi connectivity index (χ4v) is 2.94. The number of aromatic hydroxyl groups is 2. The maximum atomic E-state index is 13.3. The number of phenolic OH excluding ortho intramolecular Hbond substituents is 2. The molecule has 0 unspecified atom stereocenters. The number of methoxy groups -OCH3 is 3. The van der Waals surface area contributed by atoms with Gasteiger partial charge in [-0.05, 0) is 12.0 Å². The summed E-state index contributed by atoms with van der Waals surface area (Å²) >= 11 is 0. The van der Waals surface area contributed by atoms with Crippen LogP contribution in [0.4, 0.5) is 0 Å². The molecule has 154 valence electrons. The number of allylic oxidation sites excluding steroid dienone is 1. The lowest BCUT2D eigenvalue weighted by atomic mass is 10.1. The Morgan fingerprint density at radius 1 is 0.966 bits per heavy atom. The average molecular weight is 402 g/mol. The van der Waals surface area contributed by atoms with Gasteiger partial charge < -0.3 is 33.6 Å². The molecule has 1 heterocycles. The highest BCUT2D eigenvalue weighted by atomic mass is 16.5. The third kappa shape index (κ3) is 3.37. The Labute approximate surface area is 166 Å². The lowest BCUT2D eigenvalue weighted by Crippen LogP contribution is -2.07. The number of hydrogen-bond acceptors (Lipinski definition) is 8. The minimum atomic E-state index is -0.606. The minimum absolute atomic E-state index is 0.0000759. The molecule has 0 spiro atoms. The fraction of sp³-hybridized carbons (Fsp3) is 0.286. The van der Waals surface area contributed by atoms with Crippen LogP contribution in [-0.4, -0.2) is 31.5 Å². The van der Waals surface area contributed by atoms with Gasteiger partial charge in [-0.25, -0.2) is 0 Å². The SMILES string of the molecule is COc1cc(O)c2c(=O)c3c(OC=CC(C)C)c(OC)c(OC)c(O)c3oc2c1. The minimum Gasteiger partial charge on any atom is -0.507 e. The highest BCUT2D eigenvalue weighted by molar-refractivity contribution is 6.01. The van der Waals surface area contributed by atoms with E-state index in [4.69, 9.17) is 23.4 Å². The molecule has 29 heavy (non-hydrogen) atoms. The molecule has 0 saturated carbocycles. The van der Waals surface area contributed by atoms with Crippen molar-refractivity contribution in [2.24, 2.45) is 5.92 Å². The van der Waals surface area contributed by atoms with Crippen molar-refractivity contribution in [3.05, 3.63) is 34.7 Å². The van der Waals surface area contributed by atoms with Gasteiger partial charge in [-0.2, -0.15) is 0 Å². The third-order valence-electron chi connectivity index (χ3n) is 4.31. The quantitative estimate of drug-likeness (QED) is 0.472. The first-order valence-corrected chi connectivity index (χ1v) is 8.81. The fourth-order valence-electron chi connectivity index (χ4n) is 2.94. The molecule has 0 aliphatic heterocycles. The average Bonchev–Trinajstić information content (AvgIpc) is 2.68. The van der Waals surface area contributed by atoms with Gasteiger partial charge in [0.2, 0.25) is 22.7 Å². The topological polar surface area (TPSA) is 108 Å². The van der Waals surface area contributed by atoms with Crippen LogP contribution in [0.3, 0.4) is 0 Å². The Kier molecular flexibility index (Phi) is 5.45. The Morgan fingerprint density at radius 2 is 1.66 bits per heavy atom. The van der Waals surface area contributed by atoms with E-state index in [-0.39, 0.29) is 56.6 Å². The molecule has 8 nitrogen and oxygen atoms in total. The van der Waals surface area contributed by atoms with Gasteiger partial charge in [-0.3, -0.25) is 4.79 Å². The van der Waals surface area contributed by atoms with Crippen molar-refractivity contribution in [1.82, 2.24) is 0 Å². The van der Waals surface area contributed by atoms with E-state index in [9.17, 15) is 15.0 Å². The molecule has 0 amide bonds. The summed E-state index contributed by atoms with van der Waals surface area (Å²) in [6, 6.07) is 2.73.